The van der Waals surface area contributed by atoms with Crippen molar-refractivity contribution in [2.75, 3.05) is 13.2 Å². The van der Waals surface area contributed by atoms with E-state index >= 15 is 0 Å². The number of phenols is 1. The standard InChI is InChI=1S/C14H16O3/c1-3-16-13-9-12(15)10-7-5-6-8-11(10)14(13)17-4-2/h5-9,15H,3-4H2,1-2H3. The lowest BCUT2D eigenvalue weighted by atomic mass is 10.1. The molecule has 0 bridgehead atoms. The van der Waals surface area contributed by atoms with Crippen LogP contribution in [0.5, 0.6) is 17.2 Å². The minimum absolute atomic E-state index is 0.215. The second-order valence-electron chi connectivity index (χ2n) is 3.63. The molecule has 0 atom stereocenters. The van der Waals surface area contributed by atoms with Gasteiger partial charge < -0.3 is 14.6 Å². The van der Waals surface area contributed by atoms with Crippen LogP contribution in [0.25, 0.3) is 10.8 Å². The average Bonchev–Trinajstić information content (AvgIpc) is 2.34. The topological polar surface area (TPSA) is 38.7 Å². The second kappa shape index (κ2) is 4.95. The largest absolute Gasteiger partial charge is 0.507 e. The lowest BCUT2D eigenvalue weighted by Crippen LogP contribution is -1.99. The molecule has 0 aliphatic carbocycles. The van der Waals surface area contributed by atoms with Crippen LogP contribution in [0.15, 0.2) is 30.3 Å². The number of benzene rings is 2. The molecule has 0 fully saturated rings. The van der Waals surface area contributed by atoms with Crippen LogP contribution in [0.1, 0.15) is 13.8 Å². The quantitative estimate of drug-likeness (QED) is 0.878. The van der Waals surface area contributed by atoms with E-state index in [2.05, 4.69) is 0 Å². The van der Waals surface area contributed by atoms with Gasteiger partial charge in [-0.25, -0.2) is 0 Å². The summed E-state index contributed by atoms with van der Waals surface area (Å²) in [6, 6.07) is 9.19. The molecular formula is C14H16O3. The van der Waals surface area contributed by atoms with Gasteiger partial charge in [-0.3, -0.25) is 0 Å². The first kappa shape index (κ1) is 11.6. The predicted molar refractivity (Wildman–Crippen MR) is 68.0 cm³/mol. The molecule has 0 unspecified atom stereocenters. The Morgan fingerprint density at radius 3 is 2.29 bits per heavy atom. The summed E-state index contributed by atoms with van der Waals surface area (Å²) in [4.78, 5) is 0. The van der Waals surface area contributed by atoms with Crippen LogP contribution in [0.2, 0.25) is 0 Å². The average molecular weight is 232 g/mol. The van der Waals surface area contributed by atoms with Crippen molar-refractivity contribution in [2.45, 2.75) is 13.8 Å². The van der Waals surface area contributed by atoms with E-state index in [0.29, 0.717) is 24.7 Å². The number of hydrogen-bond donors (Lipinski definition) is 1. The molecule has 3 heteroatoms. The zero-order valence-corrected chi connectivity index (χ0v) is 10.1. The molecule has 1 N–H and O–H groups in total. The minimum Gasteiger partial charge on any atom is -0.507 e. The number of ether oxygens (including phenoxy) is 2. The van der Waals surface area contributed by atoms with Crippen LogP contribution in [-0.2, 0) is 0 Å². The van der Waals surface area contributed by atoms with Gasteiger partial charge in [0.25, 0.3) is 0 Å². The van der Waals surface area contributed by atoms with E-state index in [1.54, 1.807) is 6.07 Å². The van der Waals surface area contributed by atoms with Gasteiger partial charge in [0, 0.05) is 16.8 Å². The Balaban J connectivity index is 2.68. The maximum Gasteiger partial charge on any atom is 0.169 e. The summed E-state index contributed by atoms with van der Waals surface area (Å²) in [5.74, 6) is 1.50. The van der Waals surface area contributed by atoms with E-state index in [9.17, 15) is 5.11 Å². The molecule has 3 nitrogen and oxygen atoms in total. The van der Waals surface area contributed by atoms with Gasteiger partial charge in [0.15, 0.2) is 11.5 Å². The summed E-state index contributed by atoms with van der Waals surface area (Å²) in [5.41, 5.74) is 0. The van der Waals surface area contributed by atoms with Gasteiger partial charge in [0.2, 0.25) is 0 Å². The third-order valence-corrected chi connectivity index (χ3v) is 2.53. The van der Waals surface area contributed by atoms with Gasteiger partial charge in [-0.2, -0.15) is 0 Å². The number of fused-ring (bicyclic) bond motifs is 1. The number of aromatic hydroxyl groups is 1. The van der Waals surface area contributed by atoms with Crippen LogP contribution in [0.4, 0.5) is 0 Å². The van der Waals surface area contributed by atoms with E-state index in [0.717, 1.165) is 10.8 Å². The Morgan fingerprint density at radius 1 is 1.00 bits per heavy atom. The van der Waals surface area contributed by atoms with Crippen LogP contribution in [0.3, 0.4) is 0 Å². The van der Waals surface area contributed by atoms with Crippen LogP contribution >= 0.6 is 0 Å². The number of rotatable bonds is 4. The summed E-state index contributed by atoms with van der Waals surface area (Å²) >= 11 is 0. The van der Waals surface area contributed by atoms with E-state index < -0.39 is 0 Å². The molecule has 0 saturated carbocycles. The molecule has 0 aromatic heterocycles. The molecule has 17 heavy (non-hydrogen) atoms. The van der Waals surface area contributed by atoms with E-state index in [1.165, 1.54) is 0 Å². The molecule has 0 spiro atoms. The fraction of sp³-hybridized carbons (Fsp3) is 0.286. The summed E-state index contributed by atoms with van der Waals surface area (Å²) in [6.07, 6.45) is 0. The van der Waals surface area contributed by atoms with Crippen molar-refractivity contribution in [3.8, 4) is 17.2 Å². The molecule has 0 heterocycles. The predicted octanol–water partition coefficient (Wildman–Crippen LogP) is 3.34. The monoisotopic (exact) mass is 232 g/mol. The van der Waals surface area contributed by atoms with Crippen LogP contribution in [-0.4, -0.2) is 18.3 Å². The van der Waals surface area contributed by atoms with Crippen molar-refractivity contribution in [3.63, 3.8) is 0 Å². The highest BCUT2D eigenvalue weighted by atomic mass is 16.5. The molecule has 0 aliphatic heterocycles. The Labute approximate surface area is 101 Å². The van der Waals surface area contributed by atoms with Crippen LogP contribution in [0, 0.1) is 0 Å². The van der Waals surface area contributed by atoms with Crippen molar-refractivity contribution in [3.05, 3.63) is 30.3 Å². The second-order valence-corrected chi connectivity index (χ2v) is 3.63. The molecule has 90 valence electrons. The molecule has 2 rings (SSSR count). The zero-order valence-electron chi connectivity index (χ0n) is 10.1. The van der Waals surface area contributed by atoms with E-state index in [4.69, 9.17) is 9.47 Å². The van der Waals surface area contributed by atoms with Crippen molar-refractivity contribution in [1.29, 1.82) is 0 Å². The van der Waals surface area contributed by atoms with Gasteiger partial charge in [0.1, 0.15) is 5.75 Å². The Kier molecular flexibility index (Phi) is 3.38. The highest BCUT2D eigenvalue weighted by Gasteiger charge is 2.13. The Morgan fingerprint density at radius 2 is 1.65 bits per heavy atom. The summed E-state index contributed by atoms with van der Waals surface area (Å²) in [6.45, 7) is 4.94. The lowest BCUT2D eigenvalue weighted by Gasteiger charge is -2.14. The number of hydrogen-bond acceptors (Lipinski definition) is 3. The maximum absolute atomic E-state index is 9.94. The van der Waals surface area contributed by atoms with Crippen molar-refractivity contribution in [2.24, 2.45) is 0 Å². The van der Waals surface area contributed by atoms with Crippen molar-refractivity contribution >= 4 is 10.8 Å². The van der Waals surface area contributed by atoms with Gasteiger partial charge in [-0.1, -0.05) is 24.3 Å². The third-order valence-electron chi connectivity index (χ3n) is 2.53. The summed E-state index contributed by atoms with van der Waals surface area (Å²) < 4.78 is 11.1. The molecule has 0 radical (unpaired) electrons. The first-order valence-electron chi connectivity index (χ1n) is 5.78. The van der Waals surface area contributed by atoms with Crippen LogP contribution < -0.4 is 9.47 Å². The van der Waals surface area contributed by atoms with E-state index in [1.807, 2.05) is 38.1 Å². The molecule has 0 amide bonds. The van der Waals surface area contributed by atoms with Crippen molar-refractivity contribution in [1.82, 2.24) is 0 Å². The minimum atomic E-state index is 0.215. The number of phenolic OH excluding ortho intramolecular Hbond substituents is 1. The molecule has 2 aromatic carbocycles. The fourth-order valence-corrected chi connectivity index (χ4v) is 1.86. The maximum atomic E-state index is 9.94. The van der Waals surface area contributed by atoms with Gasteiger partial charge in [-0.15, -0.1) is 0 Å². The van der Waals surface area contributed by atoms with Gasteiger partial charge >= 0.3 is 0 Å². The third kappa shape index (κ3) is 2.13. The summed E-state index contributed by atoms with van der Waals surface area (Å²) in [5, 5.41) is 11.6. The Bertz CT molecular complexity index is 520. The smallest absolute Gasteiger partial charge is 0.169 e. The first-order chi connectivity index (χ1) is 8.27. The molecule has 2 aromatic rings. The highest BCUT2D eigenvalue weighted by molar-refractivity contribution is 5.95. The SMILES string of the molecule is CCOc1cc(O)c2ccccc2c1OCC. The fourth-order valence-electron chi connectivity index (χ4n) is 1.86. The normalized spacial score (nSPS) is 10.5. The molecule has 0 saturated heterocycles. The van der Waals surface area contributed by atoms with E-state index in [-0.39, 0.29) is 5.75 Å². The molecular weight excluding hydrogens is 216 g/mol. The first-order valence-corrected chi connectivity index (χ1v) is 5.78. The zero-order chi connectivity index (χ0) is 12.3. The van der Waals surface area contributed by atoms with Gasteiger partial charge in [-0.05, 0) is 13.8 Å². The lowest BCUT2D eigenvalue weighted by molar-refractivity contribution is 0.289. The highest BCUT2D eigenvalue weighted by Crippen LogP contribution is 2.40. The van der Waals surface area contributed by atoms with Crippen molar-refractivity contribution < 1.29 is 14.6 Å². The van der Waals surface area contributed by atoms with Gasteiger partial charge in [0.05, 0.1) is 13.2 Å². The summed E-state index contributed by atoms with van der Waals surface area (Å²) in [7, 11) is 0. The Hall–Kier alpha value is -1.90. The molecule has 0 aliphatic rings.